The highest BCUT2D eigenvalue weighted by Crippen LogP contribution is 2.28. The quantitative estimate of drug-likeness (QED) is 0.861. The highest BCUT2D eigenvalue weighted by molar-refractivity contribution is 5.96. The minimum atomic E-state index is -0.0466. The summed E-state index contributed by atoms with van der Waals surface area (Å²) in [7, 11) is 1.80. The lowest BCUT2D eigenvalue weighted by molar-refractivity contribution is -0.129. The Bertz CT molecular complexity index is 541. The van der Waals surface area contributed by atoms with Crippen LogP contribution in [0.2, 0.25) is 0 Å². The number of hydrogen-bond acceptors (Lipinski definition) is 3. The molecule has 0 bridgehead atoms. The average molecular weight is 276 g/mol. The van der Waals surface area contributed by atoms with Gasteiger partial charge in [-0.15, -0.1) is 0 Å². The first kappa shape index (κ1) is 13.1. The predicted molar refractivity (Wildman–Crippen MR) is 73.1 cm³/mol. The molecule has 1 aliphatic heterocycles. The lowest BCUT2D eigenvalue weighted by Gasteiger charge is -2.38. The molecule has 2 aliphatic rings. The van der Waals surface area contributed by atoms with Crippen molar-refractivity contribution in [3.63, 3.8) is 0 Å². The fourth-order valence-corrected chi connectivity index (χ4v) is 2.50. The molecule has 2 heterocycles. The Kier molecular flexibility index (Phi) is 3.23. The minimum absolute atomic E-state index is 0.0261. The van der Waals surface area contributed by atoms with Crippen molar-refractivity contribution < 1.29 is 9.59 Å². The topological polar surface area (TPSA) is 67.2 Å². The maximum absolute atomic E-state index is 12.2. The SMILES string of the molecule is Cc1nn(C)cc1C(=O)N1CC(C(=O)NCC2CC2)C1. The Morgan fingerprint density at radius 1 is 1.40 bits per heavy atom. The maximum atomic E-state index is 12.2. The average Bonchev–Trinajstić information content (AvgIpc) is 3.09. The number of nitrogens with one attached hydrogen (secondary N) is 1. The summed E-state index contributed by atoms with van der Waals surface area (Å²) < 4.78 is 1.64. The highest BCUT2D eigenvalue weighted by atomic mass is 16.2. The van der Waals surface area contributed by atoms with Crippen molar-refractivity contribution in [3.8, 4) is 0 Å². The predicted octanol–water partition coefficient (Wildman–Crippen LogP) is 0.327. The van der Waals surface area contributed by atoms with E-state index in [1.54, 1.807) is 22.8 Å². The van der Waals surface area contributed by atoms with Gasteiger partial charge in [0.2, 0.25) is 5.91 Å². The summed E-state index contributed by atoms with van der Waals surface area (Å²) >= 11 is 0. The molecule has 1 aromatic heterocycles. The van der Waals surface area contributed by atoms with Gasteiger partial charge in [0.15, 0.2) is 0 Å². The van der Waals surface area contributed by atoms with Crippen molar-refractivity contribution >= 4 is 11.8 Å². The Hall–Kier alpha value is -1.85. The molecule has 1 aliphatic carbocycles. The molecule has 1 aromatic rings. The van der Waals surface area contributed by atoms with Crippen LogP contribution in [0.3, 0.4) is 0 Å². The molecule has 0 aromatic carbocycles. The summed E-state index contributed by atoms with van der Waals surface area (Å²) in [6.07, 6.45) is 4.20. The summed E-state index contributed by atoms with van der Waals surface area (Å²) in [5, 5.41) is 7.14. The van der Waals surface area contributed by atoms with Gasteiger partial charge in [-0.05, 0) is 25.7 Å². The molecule has 3 rings (SSSR count). The molecule has 0 unspecified atom stereocenters. The molecule has 6 nitrogen and oxygen atoms in total. The smallest absolute Gasteiger partial charge is 0.257 e. The molecule has 6 heteroatoms. The molecule has 2 fully saturated rings. The van der Waals surface area contributed by atoms with Gasteiger partial charge in [-0.1, -0.05) is 0 Å². The molecule has 0 atom stereocenters. The first-order valence-electron chi connectivity index (χ1n) is 7.12. The van der Waals surface area contributed by atoms with Gasteiger partial charge in [0.25, 0.3) is 5.91 Å². The molecule has 20 heavy (non-hydrogen) atoms. The van der Waals surface area contributed by atoms with E-state index in [4.69, 9.17) is 0 Å². The van der Waals surface area contributed by atoms with E-state index in [2.05, 4.69) is 10.4 Å². The number of likely N-dealkylation sites (tertiary alicyclic amines) is 1. The second-order valence-corrected chi connectivity index (χ2v) is 5.90. The van der Waals surface area contributed by atoms with Crippen LogP contribution < -0.4 is 5.32 Å². The summed E-state index contributed by atoms with van der Waals surface area (Å²) in [6, 6.07) is 0. The molecule has 1 N–H and O–H groups in total. The second kappa shape index (κ2) is 4.92. The third kappa shape index (κ3) is 2.55. The van der Waals surface area contributed by atoms with Crippen molar-refractivity contribution in [1.29, 1.82) is 0 Å². The van der Waals surface area contributed by atoms with Crippen LogP contribution in [0, 0.1) is 18.8 Å². The first-order valence-corrected chi connectivity index (χ1v) is 7.12. The van der Waals surface area contributed by atoms with Crippen LogP contribution in [-0.4, -0.2) is 46.1 Å². The molecule has 0 radical (unpaired) electrons. The van der Waals surface area contributed by atoms with Crippen molar-refractivity contribution in [2.45, 2.75) is 19.8 Å². The summed E-state index contributed by atoms with van der Waals surface area (Å²) in [4.78, 5) is 25.8. The monoisotopic (exact) mass is 276 g/mol. The maximum Gasteiger partial charge on any atom is 0.257 e. The van der Waals surface area contributed by atoms with Gasteiger partial charge in [0.05, 0.1) is 17.2 Å². The zero-order chi connectivity index (χ0) is 14.3. The van der Waals surface area contributed by atoms with Crippen molar-refractivity contribution in [3.05, 3.63) is 17.5 Å². The van der Waals surface area contributed by atoms with E-state index in [1.165, 1.54) is 12.8 Å². The van der Waals surface area contributed by atoms with Gasteiger partial charge >= 0.3 is 0 Å². The lowest BCUT2D eigenvalue weighted by Crippen LogP contribution is -2.55. The lowest BCUT2D eigenvalue weighted by atomic mass is 9.98. The third-order valence-electron chi connectivity index (χ3n) is 4.05. The van der Waals surface area contributed by atoms with Crippen LogP contribution in [0.15, 0.2) is 6.20 Å². The second-order valence-electron chi connectivity index (χ2n) is 5.90. The fourth-order valence-electron chi connectivity index (χ4n) is 2.50. The van der Waals surface area contributed by atoms with Crippen LogP contribution in [0.4, 0.5) is 0 Å². The number of amides is 2. The Morgan fingerprint density at radius 3 is 2.65 bits per heavy atom. The van der Waals surface area contributed by atoms with Gasteiger partial charge in [-0.3, -0.25) is 14.3 Å². The van der Waals surface area contributed by atoms with E-state index < -0.39 is 0 Å². The van der Waals surface area contributed by atoms with Crippen molar-refractivity contribution in [1.82, 2.24) is 20.0 Å². The van der Waals surface area contributed by atoms with E-state index in [0.717, 1.165) is 12.2 Å². The Balaban J connectivity index is 1.50. The van der Waals surface area contributed by atoms with Gasteiger partial charge in [-0.2, -0.15) is 5.10 Å². The zero-order valence-electron chi connectivity index (χ0n) is 11.9. The van der Waals surface area contributed by atoms with Gasteiger partial charge in [0.1, 0.15) is 0 Å². The number of aromatic nitrogens is 2. The van der Waals surface area contributed by atoms with E-state index in [9.17, 15) is 9.59 Å². The Labute approximate surface area is 118 Å². The summed E-state index contributed by atoms with van der Waals surface area (Å²) in [5.74, 6) is 0.704. The third-order valence-corrected chi connectivity index (χ3v) is 4.05. The van der Waals surface area contributed by atoms with Crippen LogP contribution >= 0.6 is 0 Å². The van der Waals surface area contributed by atoms with Gasteiger partial charge < -0.3 is 10.2 Å². The Morgan fingerprint density at radius 2 is 2.10 bits per heavy atom. The van der Waals surface area contributed by atoms with Gasteiger partial charge in [0, 0.05) is 32.9 Å². The van der Waals surface area contributed by atoms with Crippen LogP contribution in [-0.2, 0) is 11.8 Å². The largest absolute Gasteiger partial charge is 0.355 e. The summed E-state index contributed by atoms with van der Waals surface area (Å²) in [5.41, 5.74) is 1.36. The molecule has 0 spiro atoms. The fraction of sp³-hybridized carbons (Fsp3) is 0.643. The molecular weight excluding hydrogens is 256 g/mol. The number of carbonyl (C=O) groups excluding carboxylic acids is 2. The van der Waals surface area contributed by atoms with E-state index in [0.29, 0.717) is 24.6 Å². The van der Waals surface area contributed by atoms with Crippen molar-refractivity contribution in [2.24, 2.45) is 18.9 Å². The standard InChI is InChI=1S/C14H20N4O2/c1-9-12(8-17(2)16-9)14(20)18-6-11(7-18)13(19)15-5-10-3-4-10/h8,10-11H,3-7H2,1-2H3,(H,15,19). The first-order chi connectivity index (χ1) is 9.54. The number of rotatable bonds is 4. The minimum Gasteiger partial charge on any atom is -0.355 e. The number of nitrogens with zero attached hydrogens (tertiary/aromatic N) is 3. The van der Waals surface area contributed by atoms with Crippen LogP contribution in [0.5, 0.6) is 0 Å². The molecule has 1 saturated heterocycles. The van der Waals surface area contributed by atoms with Crippen LogP contribution in [0.25, 0.3) is 0 Å². The van der Waals surface area contributed by atoms with E-state index >= 15 is 0 Å². The molecule has 1 saturated carbocycles. The van der Waals surface area contributed by atoms with Crippen LogP contribution in [0.1, 0.15) is 28.9 Å². The number of carbonyl (C=O) groups is 2. The summed E-state index contributed by atoms with van der Waals surface area (Å²) in [6.45, 7) is 3.66. The van der Waals surface area contributed by atoms with Crippen molar-refractivity contribution in [2.75, 3.05) is 19.6 Å². The van der Waals surface area contributed by atoms with Gasteiger partial charge in [-0.25, -0.2) is 0 Å². The zero-order valence-corrected chi connectivity index (χ0v) is 11.9. The molecule has 108 valence electrons. The number of aryl methyl sites for hydroxylation is 2. The number of hydrogen-bond donors (Lipinski definition) is 1. The molecular formula is C14H20N4O2. The highest BCUT2D eigenvalue weighted by Gasteiger charge is 2.37. The normalized spacial score (nSPS) is 18.8. The van der Waals surface area contributed by atoms with E-state index in [1.807, 2.05) is 6.92 Å². The molecule has 2 amide bonds. The van der Waals surface area contributed by atoms with E-state index in [-0.39, 0.29) is 17.7 Å².